The zero-order valence-corrected chi connectivity index (χ0v) is 14.2. The topological polar surface area (TPSA) is 67.6 Å². The monoisotopic (exact) mass is 317 g/mol. The van der Waals surface area contributed by atoms with E-state index < -0.39 is 5.60 Å². The third-order valence-corrected chi connectivity index (χ3v) is 4.66. The quantitative estimate of drug-likeness (QED) is 0.818. The molecule has 3 N–H and O–H groups in total. The largest absolute Gasteiger partial charge is 0.444 e. The summed E-state index contributed by atoms with van der Waals surface area (Å²) in [7, 11) is 0. The van der Waals surface area contributed by atoms with Gasteiger partial charge < -0.3 is 20.7 Å². The van der Waals surface area contributed by atoms with Gasteiger partial charge in [-0.05, 0) is 58.6 Å². The number of benzene rings is 1. The Labute approximate surface area is 138 Å². The number of anilines is 2. The molecule has 1 amide bonds. The molecule has 2 aliphatic heterocycles. The Kier molecular flexibility index (Phi) is 4.13. The van der Waals surface area contributed by atoms with Crippen molar-refractivity contribution in [2.24, 2.45) is 0 Å². The van der Waals surface area contributed by atoms with E-state index in [1.54, 1.807) is 0 Å². The van der Waals surface area contributed by atoms with Crippen molar-refractivity contribution in [3.05, 3.63) is 24.3 Å². The van der Waals surface area contributed by atoms with E-state index in [1.165, 1.54) is 0 Å². The van der Waals surface area contributed by atoms with Gasteiger partial charge in [-0.25, -0.2) is 4.79 Å². The van der Waals surface area contributed by atoms with E-state index in [4.69, 9.17) is 10.5 Å². The third-order valence-electron chi connectivity index (χ3n) is 4.66. The molecule has 23 heavy (non-hydrogen) atoms. The molecule has 5 nitrogen and oxygen atoms in total. The molecule has 0 aliphatic carbocycles. The summed E-state index contributed by atoms with van der Waals surface area (Å²) in [5, 5.41) is 3.55. The predicted molar refractivity (Wildman–Crippen MR) is 92.4 cm³/mol. The molecule has 1 aromatic rings. The summed E-state index contributed by atoms with van der Waals surface area (Å²) in [4.78, 5) is 14.4. The lowest BCUT2D eigenvalue weighted by atomic mass is 9.97. The number of amides is 1. The van der Waals surface area contributed by atoms with Gasteiger partial charge in [-0.15, -0.1) is 0 Å². The third kappa shape index (κ3) is 3.54. The number of nitrogens with one attached hydrogen (secondary N) is 1. The van der Waals surface area contributed by atoms with Gasteiger partial charge in [0.2, 0.25) is 0 Å². The maximum Gasteiger partial charge on any atom is 0.410 e. The van der Waals surface area contributed by atoms with E-state index in [-0.39, 0.29) is 18.2 Å². The fourth-order valence-corrected chi connectivity index (χ4v) is 3.76. The summed E-state index contributed by atoms with van der Waals surface area (Å²) in [6.07, 6.45) is 3.86. The predicted octanol–water partition coefficient (Wildman–Crippen LogP) is 3.61. The van der Waals surface area contributed by atoms with Gasteiger partial charge in [0.15, 0.2) is 0 Å². The molecule has 2 fully saturated rings. The van der Waals surface area contributed by atoms with Crippen LogP contribution in [0.15, 0.2) is 24.3 Å². The van der Waals surface area contributed by atoms with E-state index >= 15 is 0 Å². The zero-order chi connectivity index (χ0) is 16.6. The van der Waals surface area contributed by atoms with E-state index in [9.17, 15) is 4.79 Å². The number of hydrogen-bond acceptors (Lipinski definition) is 4. The highest BCUT2D eigenvalue weighted by Gasteiger charge is 2.44. The van der Waals surface area contributed by atoms with Gasteiger partial charge in [-0.1, -0.05) is 12.1 Å². The fraction of sp³-hybridized carbons (Fsp3) is 0.611. The van der Waals surface area contributed by atoms with Crippen molar-refractivity contribution in [1.29, 1.82) is 0 Å². The number of piperidine rings is 1. The molecule has 0 aromatic heterocycles. The van der Waals surface area contributed by atoms with Crippen molar-refractivity contribution in [3.8, 4) is 0 Å². The minimum Gasteiger partial charge on any atom is -0.444 e. The summed E-state index contributed by atoms with van der Waals surface area (Å²) in [6, 6.07) is 8.75. The number of ether oxygens (including phenoxy) is 1. The Balaban J connectivity index is 1.65. The molecular formula is C18H27N3O2. The zero-order valence-electron chi connectivity index (χ0n) is 14.2. The number of carbonyl (C=O) groups is 1. The van der Waals surface area contributed by atoms with Crippen LogP contribution in [0.5, 0.6) is 0 Å². The van der Waals surface area contributed by atoms with Crippen molar-refractivity contribution in [1.82, 2.24) is 4.90 Å². The molecule has 2 bridgehead atoms. The SMILES string of the molecule is CC(C)(C)OC(=O)N1[C@@H]2CC[C@H]1CC(Nc1ccccc1N)C2. The smallest absolute Gasteiger partial charge is 0.410 e. The summed E-state index contributed by atoms with van der Waals surface area (Å²) in [5.41, 5.74) is 7.34. The number of para-hydroxylation sites is 2. The normalized spacial score (nSPS) is 26.9. The summed E-state index contributed by atoms with van der Waals surface area (Å²) < 4.78 is 5.58. The number of nitrogens with two attached hydrogens (primary N) is 1. The molecule has 3 atom stereocenters. The second kappa shape index (κ2) is 5.95. The molecule has 5 heteroatoms. The van der Waals surface area contributed by atoms with Gasteiger partial charge in [0.25, 0.3) is 0 Å². The van der Waals surface area contributed by atoms with Crippen LogP contribution < -0.4 is 11.1 Å². The van der Waals surface area contributed by atoms with Crippen molar-refractivity contribution in [2.45, 2.75) is 70.2 Å². The number of nitrogens with zero attached hydrogens (tertiary/aromatic N) is 1. The second-order valence-corrected chi connectivity index (χ2v) is 7.67. The molecule has 2 aliphatic rings. The average Bonchev–Trinajstić information content (AvgIpc) is 2.72. The van der Waals surface area contributed by atoms with Gasteiger partial charge in [0.1, 0.15) is 5.60 Å². The number of nitrogen functional groups attached to an aromatic ring is 1. The van der Waals surface area contributed by atoms with Crippen LogP contribution >= 0.6 is 0 Å². The van der Waals surface area contributed by atoms with Crippen molar-refractivity contribution >= 4 is 17.5 Å². The van der Waals surface area contributed by atoms with Gasteiger partial charge in [0.05, 0.1) is 11.4 Å². The minimum absolute atomic E-state index is 0.164. The first kappa shape index (κ1) is 16.0. The summed E-state index contributed by atoms with van der Waals surface area (Å²) >= 11 is 0. The molecule has 0 radical (unpaired) electrons. The molecule has 1 aromatic carbocycles. The number of rotatable bonds is 2. The van der Waals surface area contributed by atoms with Gasteiger partial charge in [0, 0.05) is 18.1 Å². The molecular weight excluding hydrogens is 290 g/mol. The number of hydrogen-bond donors (Lipinski definition) is 2. The van der Waals surface area contributed by atoms with Crippen molar-refractivity contribution < 1.29 is 9.53 Å². The van der Waals surface area contributed by atoms with Crippen molar-refractivity contribution in [2.75, 3.05) is 11.1 Å². The Bertz CT molecular complexity index is 568. The Morgan fingerprint density at radius 1 is 1.22 bits per heavy atom. The van der Waals surface area contributed by atoms with Crippen LogP contribution in [-0.4, -0.2) is 34.7 Å². The molecule has 2 heterocycles. The average molecular weight is 317 g/mol. The highest BCUT2D eigenvalue weighted by atomic mass is 16.6. The summed E-state index contributed by atoms with van der Waals surface area (Å²) in [6.45, 7) is 5.75. The van der Waals surface area contributed by atoms with E-state index in [2.05, 4.69) is 5.32 Å². The number of fused-ring (bicyclic) bond motifs is 2. The minimum atomic E-state index is -0.440. The van der Waals surface area contributed by atoms with Gasteiger partial charge in [-0.2, -0.15) is 0 Å². The molecule has 2 saturated heterocycles. The fourth-order valence-electron chi connectivity index (χ4n) is 3.76. The molecule has 1 unspecified atom stereocenters. The van der Waals surface area contributed by atoms with E-state index in [1.807, 2.05) is 49.9 Å². The van der Waals surface area contributed by atoms with Crippen LogP contribution in [0.25, 0.3) is 0 Å². The lowest BCUT2D eigenvalue weighted by Gasteiger charge is -2.40. The Morgan fingerprint density at radius 3 is 2.39 bits per heavy atom. The standard InChI is InChI=1S/C18H27N3O2/c1-18(2,3)23-17(22)21-13-8-9-14(21)11-12(10-13)20-16-7-5-4-6-15(16)19/h4-7,12-14,20H,8-11,19H2,1-3H3/t12?,13-,14+. The van der Waals surface area contributed by atoms with Crippen molar-refractivity contribution in [3.63, 3.8) is 0 Å². The van der Waals surface area contributed by atoms with Crippen LogP contribution in [0, 0.1) is 0 Å². The molecule has 0 saturated carbocycles. The molecule has 0 spiro atoms. The van der Waals surface area contributed by atoms with Crippen LogP contribution in [0.1, 0.15) is 46.5 Å². The van der Waals surface area contributed by atoms with Crippen LogP contribution in [-0.2, 0) is 4.74 Å². The molecule has 126 valence electrons. The first-order valence-corrected chi connectivity index (χ1v) is 8.46. The van der Waals surface area contributed by atoms with E-state index in [0.29, 0.717) is 6.04 Å². The Hall–Kier alpha value is -1.91. The van der Waals surface area contributed by atoms with E-state index in [0.717, 1.165) is 37.1 Å². The van der Waals surface area contributed by atoms with Crippen LogP contribution in [0.2, 0.25) is 0 Å². The van der Waals surface area contributed by atoms with Crippen LogP contribution in [0.4, 0.5) is 16.2 Å². The van der Waals surface area contributed by atoms with Gasteiger partial charge >= 0.3 is 6.09 Å². The lowest BCUT2D eigenvalue weighted by molar-refractivity contribution is 0.00684. The highest BCUT2D eigenvalue weighted by molar-refractivity contribution is 5.70. The Morgan fingerprint density at radius 2 is 1.83 bits per heavy atom. The maximum atomic E-state index is 12.5. The highest BCUT2D eigenvalue weighted by Crippen LogP contribution is 2.38. The second-order valence-electron chi connectivity index (χ2n) is 7.67. The first-order chi connectivity index (χ1) is 10.8. The summed E-state index contributed by atoms with van der Waals surface area (Å²) in [5.74, 6) is 0. The van der Waals surface area contributed by atoms with Crippen LogP contribution in [0.3, 0.4) is 0 Å². The van der Waals surface area contributed by atoms with Gasteiger partial charge in [-0.3, -0.25) is 0 Å². The lowest BCUT2D eigenvalue weighted by Crippen LogP contribution is -2.51. The first-order valence-electron chi connectivity index (χ1n) is 8.46. The maximum absolute atomic E-state index is 12.5. The number of carbonyl (C=O) groups excluding carboxylic acids is 1. The molecule has 3 rings (SSSR count).